The summed E-state index contributed by atoms with van der Waals surface area (Å²) in [4.78, 5) is 10.2. The number of hydrogen-bond donors (Lipinski definition) is 5. The van der Waals surface area contributed by atoms with Crippen LogP contribution in [0.25, 0.3) is 0 Å². The molecule has 0 fully saturated rings. The summed E-state index contributed by atoms with van der Waals surface area (Å²) in [7, 11) is -3.86. The molecule has 5 N–H and O–H groups in total. The van der Waals surface area contributed by atoms with Crippen molar-refractivity contribution in [3.8, 4) is 0 Å². The van der Waals surface area contributed by atoms with E-state index in [1.165, 1.54) is 0 Å². The standard InChI is InChI=1S/C8H17NO7S/c10-4-8(5-11,6-12)9-17(15,16)3-1-2-7(13)14/h9-12H,1-6H2,(H,13,14). The van der Waals surface area contributed by atoms with E-state index in [4.69, 9.17) is 20.4 Å². The number of hydrogen-bond acceptors (Lipinski definition) is 6. The highest BCUT2D eigenvalue weighted by Gasteiger charge is 2.32. The fourth-order valence-electron chi connectivity index (χ4n) is 1.04. The summed E-state index contributed by atoms with van der Waals surface area (Å²) >= 11 is 0. The highest BCUT2D eigenvalue weighted by Crippen LogP contribution is 2.06. The summed E-state index contributed by atoms with van der Waals surface area (Å²) in [6.45, 7) is -2.30. The Hall–Kier alpha value is -0.740. The van der Waals surface area contributed by atoms with Gasteiger partial charge < -0.3 is 20.4 Å². The van der Waals surface area contributed by atoms with Crippen molar-refractivity contribution in [2.45, 2.75) is 18.4 Å². The van der Waals surface area contributed by atoms with Crippen LogP contribution >= 0.6 is 0 Å². The van der Waals surface area contributed by atoms with E-state index >= 15 is 0 Å². The topological polar surface area (TPSA) is 144 Å². The maximum atomic E-state index is 11.5. The Labute approximate surface area is 98.9 Å². The monoisotopic (exact) mass is 271 g/mol. The Morgan fingerprint density at radius 1 is 1.12 bits per heavy atom. The zero-order valence-corrected chi connectivity index (χ0v) is 9.98. The normalized spacial score (nSPS) is 12.6. The lowest BCUT2D eigenvalue weighted by Gasteiger charge is -2.28. The van der Waals surface area contributed by atoms with E-state index in [0.29, 0.717) is 0 Å². The van der Waals surface area contributed by atoms with E-state index in [9.17, 15) is 13.2 Å². The second kappa shape index (κ2) is 6.87. The van der Waals surface area contributed by atoms with Gasteiger partial charge in [0.2, 0.25) is 10.0 Å². The number of carboxylic acids is 1. The van der Waals surface area contributed by atoms with Crippen LogP contribution in [0.3, 0.4) is 0 Å². The lowest BCUT2D eigenvalue weighted by atomic mass is 10.1. The molecule has 0 aromatic heterocycles. The minimum atomic E-state index is -3.86. The van der Waals surface area contributed by atoms with Crippen LogP contribution in [-0.2, 0) is 14.8 Å². The molecule has 0 heterocycles. The Kier molecular flexibility index (Phi) is 6.57. The molecule has 0 saturated carbocycles. The average molecular weight is 271 g/mol. The van der Waals surface area contributed by atoms with Crippen LogP contribution in [0.2, 0.25) is 0 Å². The van der Waals surface area contributed by atoms with Gasteiger partial charge in [-0.2, -0.15) is 0 Å². The summed E-state index contributed by atoms with van der Waals surface area (Å²) in [5, 5.41) is 35.1. The molecule has 0 aromatic rings. The maximum Gasteiger partial charge on any atom is 0.303 e. The second-order valence-corrected chi connectivity index (χ2v) is 5.51. The molecule has 0 saturated heterocycles. The van der Waals surface area contributed by atoms with Crippen molar-refractivity contribution in [3.05, 3.63) is 0 Å². The largest absolute Gasteiger partial charge is 0.481 e. The van der Waals surface area contributed by atoms with Crippen LogP contribution in [0.5, 0.6) is 0 Å². The Bertz CT molecular complexity index is 328. The van der Waals surface area contributed by atoms with Gasteiger partial charge in [0.25, 0.3) is 0 Å². The predicted molar refractivity (Wildman–Crippen MR) is 57.8 cm³/mol. The number of aliphatic carboxylic acids is 1. The molecule has 17 heavy (non-hydrogen) atoms. The van der Waals surface area contributed by atoms with Crippen molar-refractivity contribution < 1.29 is 33.6 Å². The van der Waals surface area contributed by atoms with E-state index in [0.717, 1.165) is 0 Å². The lowest BCUT2D eigenvalue weighted by Crippen LogP contribution is -2.57. The second-order valence-electron chi connectivity index (χ2n) is 3.67. The molecular formula is C8H17NO7S. The molecule has 0 rings (SSSR count). The molecule has 102 valence electrons. The third kappa shape index (κ3) is 5.94. The molecular weight excluding hydrogens is 254 g/mol. The molecule has 0 atom stereocenters. The number of aliphatic hydroxyl groups excluding tert-OH is 3. The predicted octanol–water partition coefficient (Wildman–Crippen LogP) is -2.51. The zero-order chi connectivity index (χ0) is 13.5. The fourth-order valence-corrected chi connectivity index (χ4v) is 2.52. The average Bonchev–Trinajstić information content (AvgIpc) is 2.25. The fraction of sp³-hybridized carbons (Fsp3) is 0.875. The lowest BCUT2D eigenvalue weighted by molar-refractivity contribution is -0.137. The Balaban J connectivity index is 4.46. The zero-order valence-electron chi connectivity index (χ0n) is 9.16. The molecule has 8 nitrogen and oxygen atoms in total. The van der Waals surface area contributed by atoms with Gasteiger partial charge in [-0.1, -0.05) is 0 Å². The summed E-state index contributed by atoms with van der Waals surface area (Å²) in [5.74, 6) is -1.57. The van der Waals surface area contributed by atoms with Gasteiger partial charge in [0.1, 0.15) is 5.54 Å². The van der Waals surface area contributed by atoms with Gasteiger partial charge in [0.15, 0.2) is 0 Å². The molecule has 0 radical (unpaired) electrons. The molecule has 0 amide bonds. The summed E-state index contributed by atoms with van der Waals surface area (Å²) in [5.41, 5.74) is -1.72. The number of carboxylic acid groups (broad SMARTS) is 1. The van der Waals surface area contributed by atoms with Crippen molar-refractivity contribution in [2.75, 3.05) is 25.6 Å². The van der Waals surface area contributed by atoms with Gasteiger partial charge >= 0.3 is 5.97 Å². The summed E-state index contributed by atoms with van der Waals surface area (Å²) in [6.07, 6.45) is -0.395. The van der Waals surface area contributed by atoms with E-state index < -0.39 is 47.1 Å². The Morgan fingerprint density at radius 2 is 1.59 bits per heavy atom. The molecule has 0 aliphatic heterocycles. The first-order valence-electron chi connectivity index (χ1n) is 4.87. The number of aliphatic hydroxyl groups is 3. The molecule has 9 heteroatoms. The van der Waals surface area contributed by atoms with Crippen LogP contribution < -0.4 is 4.72 Å². The molecule has 0 aliphatic carbocycles. The smallest absolute Gasteiger partial charge is 0.303 e. The van der Waals surface area contributed by atoms with Crippen LogP contribution in [-0.4, -0.2) is 65.9 Å². The maximum absolute atomic E-state index is 11.5. The van der Waals surface area contributed by atoms with E-state index in [1.807, 2.05) is 4.72 Å². The molecule has 0 bridgehead atoms. The number of nitrogens with one attached hydrogen (secondary N) is 1. The van der Waals surface area contributed by atoms with Crippen molar-refractivity contribution in [2.24, 2.45) is 0 Å². The van der Waals surface area contributed by atoms with Gasteiger partial charge in [-0.15, -0.1) is 0 Å². The van der Waals surface area contributed by atoms with Crippen LogP contribution in [0, 0.1) is 0 Å². The first-order chi connectivity index (χ1) is 7.81. The highest BCUT2D eigenvalue weighted by atomic mass is 32.2. The number of sulfonamides is 1. The molecule has 0 unspecified atom stereocenters. The van der Waals surface area contributed by atoms with Crippen molar-refractivity contribution in [3.63, 3.8) is 0 Å². The van der Waals surface area contributed by atoms with Gasteiger partial charge in [0, 0.05) is 6.42 Å². The first kappa shape index (κ1) is 16.3. The first-order valence-corrected chi connectivity index (χ1v) is 6.52. The summed E-state index contributed by atoms with van der Waals surface area (Å²) in [6, 6.07) is 0. The van der Waals surface area contributed by atoms with Gasteiger partial charge in [0.05, 0.1) is 25.6 Å². The minimum absolute atomic E-state index is 0.0942. The summed E-state index contributed by atoms with van der Waals surface area (Å²) < 4.78 is 24.9. The number of rotatable bonds is 9. The molecule has 0 spiro atoms. The van der Waals surface area contributed by atoms with Crippen molar-refractivity contribution >= 4 is 16.0 Å². The molecule has 0 aromatic carbocycles. The van der Waals surface area contributed by atoms with E-state index in [2.05, 4.69) is 0 Å². The van der Waals surface area contributed by atoms with Crippen LogP contribution in [0.4, 0.5) is 0 Å². The minimum Gasteiger partial charge on any atom is -0.481 e. The van der Waals surface area contributed by atoms with Gasteiger partial charge in [-0.05, 0) is 6.42 Å². The third-order valence-corrected chi connectivity index (χ3v) is 3.65. The van der Waals surface area contributed by atoms with E-state index in [-0.39, 0.29) is 12.8 Å². The SMILES string of the molecule is O=C(O)CCCS(=O)(=O)NC(CO)(CO)CO. The quantitative estimate of drug-likeness (QED) is 0.311. The highest BCUT2D eigenvalue weighted by molar-refractivity contribution is 7.89. The van der Waals surface area contributed by atoms with Gasteiger partial charge in [-0.3, -0.25) is 4.79 Å². The van der Waals surface area contributed by atoms with Crippen molar-refractivity contribution in [1.82, 2.24) is 4.72 Å². The van der Waals surface area contributed by atoms with Crippen LogP contribution in [0.15, 0.2) is 0 Å². The van der Waals surface area contributed by atoms with Gasteiger partial charge in [-0.25, -0.2) is 13.1 Å². The van der Waals surface area contributed by atoms with Crippen LogP contribution in [0.1, 0.15) is 12.8 Å². The van der Waals surface area contributed by atoms with E-state index in [1.54, 1.807) is 0 Å². The third-order valence-electron chi connectivity index (χ3n) is 2.08. The Morgan fingerprint density at radius 3 is 1.94 bits per heavy atom. The van der Waals surface area contributed by atoms with Crippen molar-refractivity contribution in [1.29, 1.82) is 0 Å². The molecule has 0 aliphatic rings. The number of carbonyl (C=O) groups is 1.